The van der Waals surface area contributed by atoms with Crippen LogP contribution >= 0.6 is 22.9 Å². The van der Waals surface area contributed by atoms with Crippen molar-refractivity contribution in [1.29, 1.82) is 0 Å². The van der Waals surface area contributed by atoms with Gasteiger partial charge in [0.1, 0.15) is 4.88 Å². The molecule has 128 valence electrons. The molecule has 0 unspecified atom stereocenters. The van der Waals surface area contributed by atoms with Gasteiger partial charge in [-0.2, -0.15) is 13.2 Å². The largest absolute Gasteiger partial charge is 0.451 e. The van der Waals surface area contributed by atoms with Crippen LogP contribution in [0.1, 0.15) is 20.8 Å². The molecule has 2 heterocycles. The van der Waals surface area contributed by atoms with Crippen LogP contribution in [-0.4, -0.2) is 23.5 Å². The second-order valence-electron chi connectivity index (χ2n) is 4.61. The lowest BCUT2D eigenvalue weighted by Crippen LogP contribution is -2.21. The fraction of sp³-hybridized carbons (Fsp3) is 0.214. The molecule has 0 saturated heterocycles. The van der Waals surface area contributed by atoms with Gasteiger partial charge in [-0.3, -0.25) is 4.79 Å². The van der Waals surface area contributed by atoms with Gasteiger partial charge in [-0.05, 0) is 30.0 Å². The minimum Gasteiger partial charge on any atom is -0.451 e. The van der Waals surface area contributed by atoms with E-state index in [1.54, 1.807) is 18.4 Å². The number of pyridine rings is 1. The highest BCUT2D eigenvalue weighted by Crippen LogP contribution is 2.32. The number of halogens is 4. The van der Waals surface area contributed by atoms with Crippen LogP contribution in [0.2, 0.25) is 5.02 Å². The third-order valence-electron chi connectivity index (χ3n) is 2.81. The standard InChI is InChI=1S/C14H10ClF3N2O3S/c1-7-2-3-24-11(7)13(22)23-6-10(21)20-12-9(15)4-8(5-19-12)14(16,17)18/h2-5H,6H2,1H3,(H,19,20,21). The van der Waals surface area contributed by atoms with E-state index in [2.05, 4.69) is 10.3 Å². The summed E-state index contributed by atoms with van der Waals surface area (Å²) < 4.78 is 42.3. The van der Waals surface area contributed by atoms with Crippen molar-refractivity contribution in [3.05, 3.63) is 44.7 Å². The van der Waals surface area contributed by atoms with Crippen molar-refractivity contribution in [2.75, 3.05) is 11.9 Å². The molecule has 0 spiro atoms. The SMILES string of the molecule is Cc1ccsc1C(=O)OCC(=O)Nc1ncc(C(F)(F)F)cc1Cl. The summed E-state index contributed by atoms with van der Waals surface area (Å²) in [4.78, 5) is 27.3. The van der Waals surface area contributed by atoms with Crippen LogP contribution in [0.3, 0.4) is 0 Å². The first kappa shape index (κ1) is 18.2. The third kappa shape index (κ3) is 4.45. The number of amides is 1. The van der Waals surface area contributed by atoms with Crippen molar-refractivity contribution in [3.63, 3.8) is 0 Å². The summed E-state index contributed by atoms with van der Waals surface area (Å²) in [6, 6.07) is 2.37. The van der Waals surface area contributed by atoms with Gasteiger partial charge in [0, 0.05) is 6.20 Å². The summed E-state index contributed by atoms with van der Waals surface area (Å²) in [5.74, 6) is -1.69. The number of ether oxygens (including phenoxy) is 1. The summed E-state index contributed by atoms with van der Waals surface area (Å²) in [6.07, 6.45) is -4.05. The monoisotopic (exact) mass is 378 g/mol. The van der Waals surface area contributed by atoms with E-state index in [0.29, 0.717) is 17.1 Å². The van der Waals surface area contributed by atoms with Gasteiger partial charge in [-0.1, -0.05) is 11.6 Å². The molecule has 1 N–H and O–H groups in total. The highest BCUT2D eigenvalue weighted by atomic mass is 35.5. The highest BCUT2D eigenvalue weighted by Gasteiger charge is 2.31. The summed E-state index contributed by atoms with van der Waals surface area (Å²) in [6.45, 7) is 1.11. The number of nitrogens with one attached hydrogen (secondary N) is 1. The smallest absolute Gasteiger partial charge is 0.417 e. The van der Waals surface area contributed by atoms with Gasteiger partial charge in [0.2, 0.25) is 0 Å². The molecular formula is C14H10ClF3N2O3S. The Labute approximate surface area is 143 Å². The molecule has 10 heteroatoms. The number of carbonyl (C=O) groups is 2. The summed E-state index contributed by atoms with van der Waals surface area (Å²) >= 11 is 6.83. The molecule has 0 atom stereocenters. The molecule has 2 rings (SSSR count). The number of aryl methyl sites for hydroxylation is 1. The minimum absolute atomic E-state index is 0.252. The van der Waals surface area contributed by atoms with Crippen molar-refractivity contribution >= 4 is 40.6 Å². The number of hydrogen-bond donors (Lipinski definition) is 1. The van der Waals surface area contributed by atoms with E-state index in [1.165, 1.54) is 11.3 Å². The first-order chi connectivity index (χ1) is 11.2. The Bertz CT molecular complexity index is 777. The van der Waals surface area contributed by atoms with Gasteiger partial charge in [0.15, 0.2) is 12.4 Å². The molecule has 2 aromatic heterocycles. The molecule has 0 saturated carbocycles. The van der Waals surface area contributed by atoms with E-state index in [9.17, 15) is 22.8 Å². The minimum atomic E-state index is -4.59. The van der Waals surface area contributed by atoms with Gasteiger partial charge in [-0.15, -0.1) is 11.3 Å². The van der Waals surface area contributed by atoms with Gasteiger partial charge < -0.3 is 10.1 Å². The summed E-state index contributed by atoms with van der Waals surface area (Å²) in [5.41, 5.74) is -0.317. The van der Waals surface area contributed by atoms with Crippen molar-refractivity contribution in [2.45, 2.75) is 13.1 Å². The average Bonchev–Trinajstić information content (AvgIpc) is 2.92. The van der Waals surface area contributed by atoms with Crippen molar-refractivity contribution in [1.82, 2.24) is 4.98 Å². The number of nitrogens with zero attached hydrogens (tertiary/aromatic N) is 1. The Balaban J connectivity index is 1.95. The zero-order valence-corrected chi connectivity index (χ0v) is 13.7. The van der Waals surface area contributed by atoms with Gasteiger partial charge in [-0.25, -0.2) is 9.78 Å². The molecule has 2 aromatic rings. The first-order valence-corrected chi connectivity index (χ1v) is 7.68. The van der Waals surface area contributed by atoms with Crippen LogP contribution in [-0.2, 0) is 15.7 Å². The van der Waals surface area contributed by atoms with E-state index in [4.69, 9.17) is 16.3 Å². The Morgan fingerprint density at radius 3 is 2.67 bits per heavy atom. The maximum Gasteiger partial charge on any atom is 0.417 e. The molecule has 5 nitrogen and oxygen atoms in total. The van der Waals surface area contributed by atoms with E-state index in [0.717, 1.165) is 5.56 Å². The molecule has 0 aromatic carbocycles. The van der Waals surface area contributed by atoms with Crippen molar-refractivity contribution in [3.8, 4) is 0 Å². The number of hydrogen-bond acceptors (Lipinski definition) is 5. The van der Waals surface area contributed by atoms with E-state index in [1.807, 2.05) is 0 Å². The normalized spacial score (nSPS) is 11.2. The van der Waals surface area contributed by atoms with Crippen LogP contribution < -0.4 is 5.32 Å². The molecule has 24 heavy (non-hydrogen) atoms. The predicted molar refractivity (Wildman–Crippen MR) is 82.2 cm³/mol. The lowest BCUT2D eigenvalue weighted by molar-refractivity contribution is -0.137. The van der Waals surface area contributed by atoms with Gasteiger partial charge in [0.05, 0.1) is 10.6 Å². The van der Waals surface area contributed by atoms with Crippen molar-refractivity contribution < 1.29 is 27.5 Å². The molecule has 0 fully saturated rings. The second kappa shape index (κ2) is 7.18. The molecular weight excluding hydrogens is 369 g/mol. The van der Waals surface area contributed by atoms with Crippen molar-refractivity contribution in [2.24, 2.45) is 0 Å². The molecule has 0 aliphatic rings. The fourth-order valence-corrected chi connectivity index (χ4v) is 2.66. The fourth-order valence-electron chi connectivity index (χ4n) is 1.63. The Morgan fingerprint density at radius 1 is 1.42 bits per heavy atom. The molecule has 1 amide bonds. The van der Waals surface area contributed by atoms with E-state index in [-0.39, 0.29) is 10.8 Å². The lowest BCUT2D eigenvalue weighted by Gasteiger charge is -2.10. The Morgan fingerprint density at radius 2 is 2.12 bits per heavy atom. The number of anilines is 1. The maximum atomic E-state index is 12.5. The second-order valence-corrected chi connectivity index (χ2v) is 5.93. The van der Waals surface area contributed by atoms with E-state index < -0.39 is 30.2 Å². The zero-order valence-electron chi connectivity index (χ0n) is 12.1. The maximum absolute atomic E-state index is 12.5. The third-order valence-corrected chi connectivity index (χ3v) is 4.09. The molecule has 0 bridgehead atoms. The summed E-state index contributed by atoms with van der Waals surface area (Å²) in [7, 11) is 0. The predicted octanol–water partition coefficient (Wildman–Crippen LogP) is 3.92. The topological polar surface area (TPSA) is 68.3 Å². The zero-order chi connectivity index (χ0) is 17.9. The number of alkyl halides is 3. The molecule has 0 aliphatic carbocycles. The number of rotatable bonds is 4. The van der Waals surface area contributed by atoms with Crippen LogP contribution in [0.15, 0.2) is 23.7 Å². The van der Waals surface area contributed by atoms with E-state index >= 15 is 0 Å². The quantitative estimate of drug-likeness (QED) is 0.819. The Hall–Kier alpha value is -2.13. The number of thiophene rings is 1. The first-order valence-electron chi connectivity index (χ1n) is 6.42. The number of aromatic nitrogens is 1. The lowest BCUT2D eigenvalue weighted by atomic mass is 10.3. The number of carbonyl (C=O) groups excluding carboxylic acids is 2. The molecule has 0 aliphatic heterocycles. The van der Waals surface area contributed by atoms with Crippen LogP contribution in [0.4, 0.5) is 19.0 Å². The Kier molecular flexibility index (Phi) is 5.45. The number of esters is 1. The van der Waals surface area contributed by atoms with Gasteiger partial charge >= 0.3 is 12.1 Å². The van der Waals surface area contributed by atoms with Crippen LogP contribution in [0.25, 0.3) is 0 Å². The van der Waals surface area contributed by atoms with Crippen LogP contribution in [0.5, 0.6) is 0 Å². The highest BCUT2D eigenvalue weighted by molar-refractivity contribution is 7.12. The molecule has 0 radical (unpaired) electrons. The average molecular weight is 379 g/mol. The van der Waals surface area contributed by atoms with Gasteiger partial charge in [0.25, 0.3) is 5.91 Å². The summed E-state index contributed by atoms with van der Waals surface area (Å²) in [5, 5.41) is 3.51. The van der Waals surface area contributed by atoms with Crippen LogP contribution in [0, 0.1) is 6.92 Å².